The molecule has 2 rings (SSSR count). The molecule has 9 nitrogen and oxygen atoms in total. The number of rotatable bonds is 13. The summed E-state index contributed by atoms with van der Waals surface area (Å²) in [5, 5.41) is 22.4. The molecule has 0 aliphatic heterocycles. The van der Waals surface area contributed by atoms with Gasteiger partial charge in [-0.15, -0.1) is 0 Å². The van der Waals surface area contributed by atoms with Gasteiger partial charge in [-0.3, -0.25) is 14.3 Å². The number of nitrogens with one attached hydrogen (secondary N) is 1. The second kappa shape index (κ2) is 12.7. The number of hydrogen-bond acceptors (Lipinski definition) is 8. The summed E-state index contributed by atoms with van der Waals surface area (Å²) < 4.78 is 30.1. The van der Waals surface area contributed by atoms with Gasteiger partial charge in [-0.05, 0) is 31.9 Å². The Balaban J connectivity index is 2.18. The Labute approximate surface area is 194 Å². The van der Waals surface area contributed by atoms with Gasteiger partial charge in [0.15, 0.2) is 0 Å². The molecule has 0 aliphatic carbocycles. The van der Waals surface area contributed by atoms with Crippen LogP contribution in [0.3, 0.4) is 0 Å². The standard InChI is InChI=1S/C23H33N2O7P/c1-5-18(6-2)14-30-23(28)17(4)25-33(29,32-20-10-8-7-9-11-20)31-15-19-12-24-16(3)22(27)21(19)13-26/h7-12,17-18,26-27H,5-6,13-15H2,1-4H3,(H,25,29)/t17-,33?/m0/s1. The van der Waals surface area contributed by atoms with Crippen LogP contribution in [0.1, 0.15) is 50.4 Å². The van der Waals surface area contributed by atoms with Crippen LogP contribution >= 0.6 is 7.75 Å². The van der Waals surface area contributed by atoms with E-state index in [1.807, 2.05) is 13.8 Å². The number of para-hydroxylation sites is 1. The fourth-order valence-corrected chi connectivity index (χ4v) is 4.46. The minimum atomic E-state index is -4.08. The largest absolute Gasteiger partial charge is 0.506 e. The van der Waals surface area contributed by atoms with E-state index < -0.39 is 26.4 Å². The topological polar surface area (TPSA) is 127 Å². The van der Waals surface area contributed by atoms with Gasteiger partial charge in [0, 0.05) is 17.3 Å². The van der Waals surface area contributed by atoms with Crippen molar-refractivity contribution in [3.63, 3.8) is 0 Å². The van der Waals surface area contributed by atoms with E-state index >= 15 is 0 Å². The highest BCUT2D eigenvalue weighted by molar-refractivity contribution is 7.52. The highest BCUT2D eigenvalue weighted by Crippen LogP contribution is 2.46. The molecule has 1 unspecified atom stereocenters. The zero-order valence-electron chi connectivity index (χ0n) is 19.5. The second-order valence-electron chi connectivity index (χ2n) is 7.69. The Bertz CT molecular complexity index is 951. The number of aromatic hydroxyl groups is 1. The third kappa shape index (κ3) is 7.82. The Morgan fingerprint density at radius 3 is 2.48 bits per heavy atom. The molecule has 0 saturated heterocycles. The maximum absolute atomic E-state index is 13.6. The minimum Gasteiger partial charge on any atom is -0.506 e. The summed E-state index contributed by atoms with van der Waals surface area (Å²) in [4.78, 5) is 16.5. The van der Waals surface area contributed by atoms with Crippen molar-refractivity contribution in [1.82, 2.24) is 10.1 Å². The van der Waals surface area contributed by atoms with Crippen LogP contribution in [-0.4, -0.2) is 33.8 Å². The number of esters is 1. The predicted octanol–water partition coefficient (Wildman–Crippen LogP) is 4.25. The summed E-state index contributed by atoms with van der Waals surface area (Å²) in [6.45, 7) is 6.69. The molecule has 2 atom stereocenters. The molecule has 3 N–H and O–H groups in total. The maximum atomic E-state index is 13.6. The summed E-state index contributed by atoms with van der Waals surface area (Å²) in [6.07, 6.45) is 3.19. The number of aliphatic hydroxyl groups excluding tert-OH is 1. The highest BCUT2D eigenvalue weighted by Gasteiger charge is 2.33. The van der Waals surface area contributed by atoms with Gasteiger partial charge >= 0.3 is 13.7 Å². The van der Waals surface area contributed by atoms with Crippen molar-refractivity contribution < 1.29 is 33.4 Å². The molecule has 1 heterocycles. The lowest BCUT2D eigenvalue weighted by Gasteiger charge is -2.24. The zero-order chi connectivity index (χ0) is 24.4. The Morgan fingerprint density at radius 1 is 1.21 bits per heavy atom. The van der Waals surface area contributed by atoms with Crippen LogP contribution in [0.2, 0.25) is 0 Å². The number of aryl methyl sites for hydroxylation is 1. The van der Waals surface area contributed by atoms with E-state index in [2.05, 4.69) is 10.1 Å². The van der Waals surface area contributed by atoms with Crippen LogP contribution in [0.15, 0.2) is 36.5 Å². The second-order valence-corrected chi connectivity index (χ2v) is 9.39. The Kier molecular flexibility index (Phi) is 10.3. The quantitative estimate of drug-likeness (QED) is 0.285. The van der Waals surface area contributed by atoms with Crippen molar-refractivity contribution in [1.29, 1.82) is 0 Å². The van der Waals surface area contributed by atoms with E-state index in [4.69, 9.17) is 13.8 Å². The average molecular weight is 480 g/mol. The monoisotopic (exact) mass is 480 g/mol. The normalized spacial score (nSPS) is 14.0. The first-order valence-electron chi connectivity index (χ1n) is 10.9. The molecule has 0 aliphatic rings. The lowest BCUT2D eigenvalue weighted by atomic mass is 10.1. The van der Waals surface area contributed by atoms with E-state index in [1.165, 1.54) is 13.1 Å². The van der Waals surface area contributed by atoms with Gasteiger partial charge in [-0.2, -0.15) is 5.09 Å². The van der Waals surface area contributed by atoms with Crippen LogP contribution in [0.4, 0.5) is 0 Å². The van der Waals surface area contributed by atoms with E-state index in [0.29, 0.717) is 11.3 Å². The number of carbonyl (C=O) groups excluding carboxylic acids is 1. The highest BCUT2D eigenvalue weighted by atomic mass is 31.2. The lowest BCUT2D eigenvalue weighted by molar-refractivity contribution is -0.146. The molecular weight excluding hydrogens is 447 g/mol. The van der Waals surface area contributed by atoms with Crippen LogP contribution in [0, 0.1) is 12.8 Å². The van der Waals surface area contributed by atoms with Crippen molar-refractivity contribution in [3.05, 3.63) is 53.3 Å². The summed E-state index contributed by atoms with van der Waals surface area (Å²) in [7, 11) is -4.08. The lowest BCUT2D eigenvalue weighted by Crippen LogP contribution is -2.35. The van der Waals surface area contributed by atoms with Gasteiger partial charge in [0.05, 0.1) is 25.5 Å². The summed E-state index contributed by atoms with van der Waals surface area (Å²) in [5.74, 6) is -0.210. The van der Waals surface area contributed by atoms with E-state index in [-0.39, 0.29) is 36.2 Å². The van der Waals surface area contributed by atoms with Crippen LogP contribution in [-0.2, 0) is 31.8 Å². The number of nitrogens with zero attached hydrogens (tertiary/aromatic N) is 1. The molecule has 0 fully saturated rings. The van der Waals surface area contributed by atoms with Gasteiger partial charge in [0.1, 0.15) is 17.5 Å². The van der Waals surface area contributed by atoms with Crippen molar-refractivity contribution in [3.8, 4) is 11.5 Å². The predicted molar refractivity (Wildman–Crippen MR) is 124 cm³/mol. The molecule has 0 spiro atoms. The molecule has 0 bridgehead atoms. The number of aliphatic hydroxyl groups is 1. The van der Waals surface area contributed by atoms with Gasteiger partial charge in [0.2, 0.25) is 0 Å². The van der Waals surface area contributed by atoms with Crippen LogP contribution < -0.4 is 9.61 Å². The van der Waals surface area contributed by atoms with E-state index in [0.717, 1.165) is 12.8 Å². The van der Waals surface area contributed by atoms with Crippen molar-refractivity contribution in [2.75, 3.05) is 6.61 Å². The van der Waals surface area contributed by atoms with Gasteiger partial charge in [-0.1, -0.05) is 44.9 Å². The SMILES string of the molecule is CCC(CC)COC(=O)[C@H](C)NP(=O)(OCc1cnc(C)c(O)c1CO)Oc1ccccc1. The molecule has 1 aromatic heterocycles. The molecule has 1 aromatic carbocycles. The Morgan fingerprint density at radius 2 is 1.88 bits per heavy atom. The van der Waals surface area contributed by atoms with Crippen LogP contribution in [0.25, 0.3) is 0 Å². The Hall–Kier alpha value is -2.45. The van der Waals surface area contributed by atoms with Crippen molar-refractivity contribution in [2.45, 2.75) is 59.8 Å². The first-order valence-corrected chi connectivity index (χ1v) is 12.5. The molecule has 0 saturated carbocycles. The van der Waals surface area contributed by atoms with Gasteiger partial charge < -0.3 is 19.5 Å². The van der Waals surface area contributed by atoms with Gasteiger partial charge in [0.25, 0.3) is 0 Å². The van der Waals surface area contributed by atoms with E-state index in [9.17, 15) is 19.6 Å². The van der Waals surface area contributed by atoms with E-state index in [1.54, 1.807) is 37.3 Å². The maximum Gasteiger partial charge on any atom is 0.459 e. The molecule has 33 heavy (non-hydrogen) atoms. The summed E-state index contributed by atoms with van der Waals surface area (Å²) >= 11 is 0. The van der Waals surface area contributed by atoms with Crippen molar-refractivity contribution >= 4 is 13.7 Å². The third-order valence-corrected chi connectivity index (χ3v) is 6.89. The summed E-state index contributed by atoms with van der Waals surface area (Å²) in [6, 6.07) is 7.42. The number of ether oxygens (including phenoxy) is 1. The summed E-state index contributed by atoms with van der Waals surface area (Å²) in [5.41, 5.74) is 0.896. The number of carbonyl (C=O) groups is 1. The van der Waals surface area contributed by atoms with Crippen LogP contribution in [0.5, 0.6) is 11.5 Å². The smallest absolute Gasteiger partial charge is 0.459 e. The fourth-order valence-electron chi connectivity index (χ4n) is 2.99. The first-order chi connectivity index (χ1) is 15.7. The molecule has 0 amide bonds. The number of hydrogen-bond donors (Lipinski definition) is 3. The third-order valence-electron chi connectivity index (χ3n) is 5.27. The fraction of sp³-hybridized carbons (Fsp3) is 0.478. The van der Waals surface area contributed by atoms with Gasteiger partial charge in [-0.25, -0.2) is 4.57 Å². The first kappa shape index (κ1) is 26.8. The minimum absolute atomic E-state index is 0.163. The molecule has 182 valence electrons. The van der Waals surface area contributed by atoms with Crippen molar-refractivity contribution in [2.24, 2.45) is 5.92 Å². The zero-order valence-corrected chi connectivity index (χ0v) is 20.4. The average Bonchev–Trinajstić information content (AvgIpc) is 2.80. The molecule has 10 heteroatoms. The number of benzene rings is 1. The molecule has 0 radical (unpaired) electrons. The molecule has 2 aromatic rings. The number of pyridine rings is 1. The number of aromatic nitrogens is 1. The molecular formula is C23H33N2O7P.